The van der Waals surface area contributed by atoms with Crippen LogP contribution in [0.2, 0.25) is 0 Å². The third-order valence-corrected chi connectivity index (χ3v) is 2.71. The van der Waals surface area contributed by atoms with Crippen LogP contribution in [0.25, 0.3) is 0 Å². The number of aliphatic hydroxyl groups excluding tert-OH is 1. The van der Waals surface area contributed by atoms with Crippen LogP contribution in [0, 0.1) is 11.7 Å². The summed E-state index contributed by atoms with van der Waals surface area (Å²) in [7, 11) is 0. The standard InChI is InChI=1S/C11H14FNO/c12-9-3-1-2-8(6-9)10(13)11(14)7-4-5-7/h1-3,6-7,10-11,14H,4-5,13H2/t10-,11+/m1/s1. The first-order valence-electron chi connectivity index (χ1n) is 4.87. The molecule has 1 aromatic rings. The Morgan fingerprint density at radius 2 is 2.14 bits per heavy atom. The molecule has 0 aliphatic heterocycles. The fourth-order valence-corrected chi connectivity index (χ4v) is 1.64. The van der Waals surface area contributed by atoms with Crippen molar-refractivity contribution in [3.8, 4) is 0 Å². The first-order valence-corrected chi connectivity index (χ1v) is 4.87. The average Bonchev–Trinajstić information content (AvgIpc) is 2.99. The molecule has 3 heteroatoms. The summed E-state index contributed by atoms with van der Waals surface area (Å²) < 4.78 is 12.9. The zero-order valence-electron chi connectivity index (χ0n) is 7.86. The highest BCUT2D eigenvalue weighted by molar-refractivity contribution is 5.21. The number of hydrogen-bond acceptors (Lipinski definition) is 2. The summed E-state index contributed by atoms with van der Waals surface area (Å²) in [5.74, 6) is 0.00853. The van der Waals surface area contributed by atoms with Crippen molar-refractivity contribution in [2.75, 3.05) is 0 Å². The fraction of sp³-hybridized carbons (Fsp3) is 0.455. The number of nitrogens with two attached hydrogens (primary N) is 1. The molecule has 1 aliphatic rings. The highest BCUT2D eigenvalue weighted by atomic mass is 19.1. The topological polar surface area (TPSA) is 46.2 Å². The second-order valence-corrected chi connectivity index (χ2v) is 3.91. The maximum absolute atomic E-state index is 12.9. The number of aliphatic hydroxyl groups is 1. The van der Waals surface area contributed by atoms with E-state index in [0.29, 0.717) is 11.5 Å². The summed E-state index contributed by atoms with van der Waals surface area (Å²) in [6, 6.07) is 5.66. The van der Waals surface area contributed by atoms with Gasteiger partial charge in [-0.05, 0) is 36.5 Å². The van der Waals surface area contributed by atoms with E-state index in [9.17, 15) is 9.50 Å². The number of halogens is 1. The lowest BCUT2D eigenvalue weighted by molar-refractivity contribution is 0.122. The maximum Gasteiger partial charge on any atom is 0.123 e. The van der Waals surface area contributed by atoms with Crippen molar-refractivity contribution in [2.45, 2.75) is 25.0 Å². The minimum atomic E-state index is -0.531. The number of hydrogen-bond donors (Lipinski definition) is 2. The lowest BCUT2D eigenvalue weighted by Gasteiger charge is -2.18. The summed E-state index contributed by atoms with van der Waals surface area (Å²) in [6.07, 6.45) is 1.53. The second-order valence-electron chi connectivity index (χ2n) is 3.91. The maximum atomic E-state index is 12.9. The molecule has 0 amide bonds. The number of benzene rings is 1. The van der Waals surface area contributed by atoms with Crippen molar-refractivity contribution in [3.05, 3.63) is 35.6 Å². The molecule has 3 N–H and O–H groups in total. The molecule has 0 aromatic heterocycles. The molecular weight excluding hydrogens is 181 g/mol. The lowest BCUT2D eigenvalue weighted by atomic mass is 9.99. The van der Waals surface area contributed by atoms with Crippen LogP contribution < -0.4 is 5.73 Å². The van der Waals surface area contributed by atoms with Gasteiger partial charge in [-0.25, -0.2) is 4.39 Å². The van der Waals surface area contributed by atoms with Gasteiger partial charge in [0.2, 0.25) is 0 Å². The van der Waals surface area contributed by atoms with Gasteiger partial charge >= 0.3 is 0 Å². The smallest absolute Gasteiger partial charge is 0.123 e. The van der Waals surface area contributed by atoms with E-state index in [1.807, 2.05) is 0 Å². The molecule has 1 aromatic carbocycles. The summed E-state index contributed by atoms with van der Waals surface area (Å²) in [6.45, 7) is 0. The van der Waals surface area contributed by atoms with E-state index in [4.69, 9.17) is 5.73 Å². The molecule has 0 bridgehead atoms. The molecular formula is C11H14FNO. The van der Waals surface area contributed by atoms with Crippen molar-refractivity contribution in [3.63, 3.8) is 0 Å². The van der Waals surface area contributed by atoms with Gasteiger partial charge in [-0.3, -0.25) is 0 Å². The molecule has 0 radical (unpaired) electrons. The Hall–Kier alpha value is -0.930. The molecule has 1 aliphatic carbocycles. The van der Waals surface area contributed by atoms with E-state index >= 15 is 0 Å². The third-order valence-electron chi connectivity index (χ3n) is 2.71. The van der Waals surface area contributed by atoms with E-state index < -0.39 is 12.1 Å². The van der Waals surface area contributed by atoms with E-state index in [1.165, 1.54) is 12.1 Å². The molecule has 1 fully saturated rings. The van der Waals surface area contributed by atoms with Crippen molar-refractivity contribution >= 4 is 0 Å². The molecule has 1 saturated carbocycles. The fourth-order valence-electron chi connectivity index (χ4n) is 1.64. The van der Waals surface area contributed by atoms with Crippen LogP contribution in [0.1, 0.15) is 24.4 Å². The van der Waals surface area contributed by atoms with Gasteiger partial charge in [0, 0.05) is 0 Å². The monoisotopic (exact) mass is 195 g/mol. The minimum absolute atomic E-state index is 0.305. The molecule has 14 heavy (non-hydrogen) atoms. The Labute approximate surface area is 82.5 Å². The van der Waals surface area contributed by atoms with Crippen molar-refractivity contribution < 1.29 is 9.50 Å². The van der Waals surface area contributed by atoms with Crippen molar-refractivity contribution in [1.82, 2.24) is 0 Å². The minimum Gasteiger partial charge on any atom is -0.391 e. The Morgan fingerprint density at radius 1 is 1.43 bits per heavy atom. The first-order chi connectivity index (χ1) is 6.68. The van der Waals surface area contributed by atoms with E-state index in [-0.39, 0.29) is 5.82 Å². The van der Waals surface area contributed by atoms with Crippen LogP contribution in [0.5, 0.6) is 0 Å². The molecule has 0 saturated heterocycles. The van der Waals surface area contributed by atoms with E-state index in [2.05, 4.69) is 0 Å². The Morgan fingerprint density at radius 3 is 2.71 bits per heavy atom. The number of rotatable bonds is 3. The molecule has 0 heterocycles. The molecule has 2 rings (SSSR count). The second kappa shape index (κ2) is 3.67. The molecule has 2 nitrogen and oxygen atoms in total. The summed E-state index contributed by atoms with van der Waals surface area (Å²) in [5, 5.41) is 9.75. The SMILES string of the molecule is N[C@H](c1cccc(F)c1)[C@@H](O)C1CC1. The van der Waals surface area contributed by atoms with Gasteiger partial charge in [0.25, 0.3) is 0 Å². The van der Waals surface area contributed by atoms with Crippen LogP contribution >= 0.6 is 0 Å². The lowest BCUT2D eigenvalue weighted by Crippen LogP contribution is -2.27. The van der Waals surface area contributed by atoms with Crippen LogP contribution in [0.3, 0.4) is 0 Å². The molecule has 2 atom stereocenters. The van der Waals surface area contributed by atoms with Gasteiger partial charge in [-0.1, -0.05) is 12.1 Å². The zero-order chi connectivity index (χ0) is 10.1. The van der Waals surface area contributed by atoms with E-state index in [0.717, 1.165) is 12.8 Å². The highest BCUT2D eigenvalue weighted by Crippen LogP contribution is 2.37. The Balaban J connectivity index is 2.13. The van der Waals surface area contributed by atoms with Gasteiger partial charge in [0.15, 0.2) is 0 Å². The molecule has 0 spiro atoms. The summed E-state index contributed by atoms with van der Waals surface area (Å²) >= 11 is 0. The summed E-state index contributed by atoms with van der Waals surface area (Å²) in [4.78, 5) is 0. The molecule has 76 valence electrons. The van der Waals surface area contributed by atoms with Crippen LogP contribution in [-0.2, 0) is 0 Å². The van der Waals surface area contributed by atoms with E-state index in [1.54, 1.807) is 12.1 Å². The Kier molecular flexibility index (Phi) is 2.52. The quantitative estimate of drug-likeness (QED) is 0.769. The average molecular weight is 195 g/mol. The first kappa shape index (κ1) is 9.62. The Bertz CT molecular complexity index is 325. The van der Waals surface area contributed by atoms with Gasteiger partial charge in [-0.2, -0.15) is 0 Å². The predicted octanol–water partition coefficient (Wildman–Crippen LogP) is 1.60. The normalized spacial score (nSPS) is 20.5. The summed E-state index contributed by atoms with van der Waals surface area (Å²) in [5.41, 5.74) is 6.50. The van der Waals surface area contributed by atoms with Gasteiger partial charge in [0.1, 0.15) is 5.82 Å². The zero-order valence-corrected chi connectivity index (χ0v) is 7.86. The third kappa shape index (κ3) is 1.94. The predicted molar refractivity (Wildman–Crippen MR) is 52.1 cm³/mol. The van der Waals surface area contributed by atoms with Gasteiger partial charge < -0.3 is 10.8 Å². The highest BCUT2D eigenvalue weighted by Gasteiger charge is 2.34. The largest absolute Gasteiger partial charge is 0.391 e. The van der Waals surface area contributed by atoms with Crippen LogP contribution in [0.4, 0.5) is 4.39 Å². The van der Waals surface area contributed by atoms with Crippen molar-refractivity contribution in [1.29, 1.82) is 0 Å². The van der Waals surface area contributed by atoms with Crippen LogP contribution in [0.15, 0.2) is 24.3 Å². The van der Waals surface area contributed by atoms with Crippen LogP contribution in [-0.4, -0.2) is 11.2 Å². The van der Waals surface area contributed by atoms with Gasteiger partial charge in [-0.15, -0.1) is 0 Å². The van der Waals surface area contributed by atoms with Crippen molar-refractivity contribution in [2.24, 2.45) is 11.7 Å². The molecule has 0 unspecified atom stereocenters. The van der Waals surface area contributed by atoms with Gasteiger partial charge in [0.05, 0.1) is 12.1 Å².